The van der Waals surface area contributed by atoms with E-state index < -0.39 is 5.91 Å². The third-order valence-electron chi connectivity index (χ3n) is 1.85. The van der Waals surface area contributed by atoms with Gasteiger partial charge in [0.15, 0.2) is 8.46 Å². The lowest BCUT2D eigenvalue weighted by molar-refractivity contribution is 0.0961. The molecule has 5 nitrogen and oxygen atoms in total. The Balaban J connectivity index is 3.26. The molecule has 15 heavy (non-hydrogen) atoms. The van der Waals surface area contributed by atoms with Crippen LogP contribution in [0, 0.1) is 0 Å². The van der Waals surface area contributed by atoms with Gasteiger partial charge >= 0.3 is 0 Å². The number of primary amides is 1. The first-order valence-electron chi connectivity index (χ1n) is 4.09. The van der Waals surface area contributed by atoms with Crippen molar-refractivity contribution in [1.29, 1.82) is 0 Å². The zero-order chi connectivity index (χ0) is 11.4. The number of nitrogens with two attached hydrogens (primary N) is 1. The van der Waals surface area contributed by atoms with Gasteiger partial charge in [-0.2, -0.15) is 0 Å². The average Bonchev–Trinajstić information content (AvgIpc) is 2.27. The van der Waals surface area contributed by atoms with Gasteiger partial charge in [-0.1, -0.05) is 0 Å². The fraction of sp³-hybridized carbons (Fsp3) is 0.111. The predicted molar refractivity (Wildman–Crippen MR) is 55.6 cm³/mol. The molecule has 0 spiro atoms. The smallest absolute Gasteiger partial charge is 0.252 e. The van der Waals surface area contributed by atoms with Crippen molar-refractivity contribution in [3.63, 3.8) is 0 Å². The Labute approximate surface area is 87.9 Å². The van der Waals surface area contributed by atoms with Crippen LogP contribution in [0.15, 0.2) is 18.2 Å². The van der Waals surface area contributed by atoms with Gasteiger partial charge in [0.1, 0.15) is 0 Å². The first-order chi connectivity index (χ1) is 7.10. The SMILES string of the molecule is CNC(=O)c1ccc(C(N)=O)cc1P=O. The molecule has 0 bridgehead atoms. The second-order valence-corrected chi connectivity index (χ2v) is 3.43. The molecular formula is C9H9N2O3P. The standard InChI is InChI=1S/C9H9N2O3P/c1-11-9(13)6-3-2-5(8(10)12)4-7(6)15-14/h2-4H,1H3,(H2,10,12)(H,11,13). The monoisotopic (exact) mass is 224 g/mol. The lowest BCUT2D eigenvalue weighted by Gasteiger charge is -2.03. The van der Waals surface area contributed by atoms with Gasteiger partial charge in [0, 0.05) is 12.6 Å². The predicted octanol–water partition coefficient (Wildman–Crippen LogP) is 0.0621. The summed E-state index contributed by atoms with van der Waals surface area (Å²) in [4.78, 5) is 22.1. The largest absolute Gasteiger partial charge is 0.366 e. The third-order valence-corrected chi connectivity index (χ3v) is 2.42. The maximum atomic E-state index is 11.3. The molecule has 3 N–H and O–H groups in total. The molecule has 0 aliphatic rings. The fourth-order valence-electron chi connectivity index (χ4n) is 1.09. The first-order valence-corrected chi connectivity index (χ1v) is 4.90. The van der Waals surface area contributed by atoms with Gasteiger partial charge in [-0.3, -0.25) is 14.2 Å². The highest BCUT2D eigenvalue weighted by Gasteiger charge is 2.12. The molecule has 2 amide bonds. The quantitative estimate of drug-likeness (QED) is 0.711. The molecule has 0 aliphatic carbocycles. The lowest BCUT2D eigenvalue weighted by Crippen LogP contribution is -2.24. The van der Waals surface area contributed by atoms with E-state index in [0.717, 1.165) is 0 Å². The van der Waals surface area contributed by atoms with E-state index in [-0.39, 0.29) is 30.8 Å². The van der Waals surface area contributed by atoms with Gasteiger partial charge in [-0.15, -0.1) is 0 Å². The second kappa shape index (κ2) is 4.66. The molecule has 1 aromatic rings. The maximum absolute atomic E-state index is 11.3. The topological polar surface area (TPSA) is 89.3 Å². The summed E-state index contributed by atoms with van der Waals surface area (Å²) >= 11 is 0. The fourth-order valence-corrected chi connectivity index (χ4v) is 1.55. The second-order valence-electron chi connectivity index (χ2n) is 2.77. The number of carbonyl (C=O) groups excluding carboxylic acids is 2. The van der Waals surface area contributed by atoms with Crippen LogP contribution in [-0.2, 0) is 4.57 Å². The zero-order valence-corrected chi connectivity index (χ0v) is 8.88. The molecule has 0 saturated heterocycles. The van der Waals surface area contributed by atoms with Gasteiger partial charge in [-0.25, -0.2) is 0 Å². The number of carbonyl (C=O) groups is 2. The van der Waals surface area contributed by atoms with Crippen molar-refractivity contribution in [3.8, 4) is 0 Å². The number of rotatable bonds is 3. The molecule has 0 aromatic heterocycles. The van der Waals surface area contributed by atoms with Crippen molar-refractivity contribution >= 4 is 25.6 Å². The van der Waals surface area contributed by atoms with Crippen LogP contribution in [0.5, 0.6) is 0 Å². The van der Waals surface area contributed by atoms with Gasteiger partial charge in [-0.05, 0) is 18.2 Å². The molecular weight excluding hydrogens is 215 g/mol. The van der Waals surface area contributed by atoms with E-state index in [1.165, 1.54) is 25.2 Å². The number of hydrogen-bond acceptors (Lipinski definition) is 3. The highest BCUT2D eigenvalue weighted by atomic mass is 31.1. The van der Waals surface area contributed by atoms with Crippen LogP contribution < -0.4 is 16.4 Å². The summed E-state index contributed by atoms with van der Waals surface area (Å²) in [5.41, 5.74) is 5.54. The van der Waals surface area contributed by atoms with Crippen LogP contribution in [0.1, 0.15) is 20.7 Å². The van der Waals surface area contributed by atoms with E-state index in [0.29, 0.717) is 0 Å². The van der Waals surface area contributed by atoms with Crippen LogP contribution in [0.2, 0.25) is 0 Å². The van der Waals surface area contributed by atoms with Crippen LogP contribution in [0.3, 0.4) is 0 Å². The summed E-state index contributed by atoms with van der Waals surface area (Å²) in [7, 11) is 1.14. The Morgan fingerprint density at radius 3 is 2.53 bits per heavy atom. The van der Waals surface area contributed by atoms with Crippen molar-refractivity contribution in [3.05, 3.63) is 29.3 Å². The summed E-state index contributed by atoms with van der Waals surface area (Å²) in [6.07, 6.45) is 0. The van der Waals surface area contributed by atoms with Crippen molar-refractivity contribution in [2.45, 2.75) is 0 Å². The third kappa shape index (κ3) is 2.39. The van der Waals surface area contributed by atoms with Crippen molar-refractivity contribution in [2.24, 2.45) is 5.73 Å². The van der Waals surface area contributed by atoms with Gasteiger partial charge in [0.25, 0.3) is 5.91 Å². The molecule has 0 atom stereocenters. The van der Waals surface area contributed by atoms with Crippen LogP contribution in [0.4, 0.5) is 0 Å². The molecule has 0 heterocycles. The number of hydrogen-bond donors (Lipinski definition) is 2. The van der Waals surface area contributed by atoms with E-state index >= 15 is 0 Å². The highest BCUT2D eigenvalue weighted by molar-refractivity contribution is 7.34. The van der Waals surface area contributed by atoms with Crippen LogP contribution >= 0.6 is 8.46 Å². The van der Waals surface area contributed by atoms with Crippen LogP contribution in [0.25, 0.3) is 0 Å². The van der Waals surface area contributed by atoms with E-state index in [9.17, 15) is 14.2 Å². The molecule has 78 valence electrons. The van der Waals surface area contributed by atoms with E-state index in [1.54, 1.807) is 0 Å². The molecule has 1 aromatic carbocycles. The molecule has 1 rings (SSSR count). The molecule has 6 heteroatoms. The van der Waals surface area contributed by atoms with Crippen molar-refractivity contribution in [2.75, 3.05) is 7.05 Å². The number of benzene rings is 1. The molecule has 0 aliphatic heterocycles. The molecule has 0 radical (unpaired) electrons. The Bertz CT molecular complexity index is 431. The summed E-state index contributed by atoms with van der Waals surface area (Å²) in [5, 5.41) is 2.65. The Morgan fingerprint density at radius 1 is 1.40 bits per heavy atom. The van der Waals surface area contributed by atoms with E-state index in [2.05, 4.69) is 5.32 Å². The summed E-state index contributed by atoms with van der Waals surface area (Å²) < 4.78 is 10.8. The summed E-state index contributed by atoms with van der Waals surface area (Å²) in [6.45, 7) is 0. The van der Waals surface area contributed by atoms with Gasteiger partial charge < -0.3 is 11.1 Å². The molecule has 0 saturated carbocycles. The van der Waals surface area contributed by atoms with Crippen molar-refractivity contribution < 1.29 is 14.2 Å². The van der Waals surface area contributed by atoms with Crippen LogP contribution in [-0.4, -0.2) is 18.9 Å². The van der Waals surface area contributed by atoms with E-state index in [4.69, 9.17) is 5.73 Å². The Hall–Kier alpha value is -1.74. The van der Waals surface area contributed by atoms with E-state index in [1.807, 2.05) is 0 Å². The van der Waals surface area contributed by atoms with Gasteiger partial charge in [0.2, 0.25) is 5.91 Å². The lowest BCUT2D eigenvalue weighted by atomic mass is 10.1. The highest BCUT2D eigenvalue weighted by Crippen LogP contribution is 2.07. The number of nitrogens with one attached hydrogen (secondary N) is 1. The Kier molecular flexibility index (Phi) is 3.52. The Morgan fingerprint density at radius 2 is 2.07 bits per heavy atom. The minimum absolute atomic E-state index is 0.223. The summed E-state index contributed by atoms with van der Waals surface area (Å²) in [6, 6.07) is 4.17. The molecule has 0 fully saturated rings. The summed E-state index contributed by atoms with van der Waals surface area (Å²) in [5.74, 6) is -0.979. The van der Waals surface area contributed by atoms with Crippen molar-refractivity contribution in [1.82, 2.24) is 5.32 Å². The zero-order valence-electron chi connectivity index (χ0n) is 7.98. The average molecular weight is 224 g/mol. The van der Waals surface area contributed by atoms with Gasteiger partial charge in [0.05, 0.1) is 10.9 Å². The normalized spacial score (nSPS) is 9.93. The first kappa shape index (κ1) is 11.3. The molecule has 0 unspecified atom stereocenters. The number of amides is 2. The minimum Gasteiger partial charge on any atom is -0.366 e. The maximum Gasteiger partial charge on any atom is 0.252 e. The minimum atomic E-state index is -0.622.